The Bertz CT molecular complexity index is 1480. The number of hydrogen-bond acceptors (Lipinski definition) is 4. The third kappa shape index (κ3) is 2.78. The largest absolute Gasteiger partial charge is 0.340 e. The molecule has 4 heterocycles. The van der Waals surface area contributed by atoms with Gasteiger partial charge in [0, 0.05) is 57.6 Å². The summed E-state index contributed by atoms with van der Waals surface area (Å²) in [6, 6.07) is 13.1. The molecule has 7 rings (SSSR count). The molecule has 1 N–H and O–H groups in total. The maximum atomic E-state index is 13.4. The van der Waals surface area contributed by atoms with Gasteiger partial charge in [-0.05, 0) is 60.1 Å². The van der Waals surface area contributed by atoms with Crippen LogP contribution in [0.25, 0.3) is 21.9 Å². The van der Waals surface area contributed by atoms with Crippen molar-refractivity contribution in [2.75, 3.05) is 26.2 Å². The van der Waals surface area contributed by atoms with Crippen LogP contribution in [0.2, 0.25) is 5.02 Å². The van der Waals surface area contributed by atoms with Crippen LogP contribution in [-0.2, 0) is 7.05 Å². The Morgan fingerprint density at radius 3 is 2.24 bits per heavy atom. The molecule has 2 aromatic carbocycles. The highest BCUT2D eigenvalue weighted by atomic mass is 35.5. The number of H-pyrrole nitrogens is 1. The van der Waals surface area contributed by atoms with E-state index in [2.05, 4.69) is 15.4 Å². The normalized spacial score (nSPS) is 25.6. The van der Waals surface area contributed by atoms with Crippen molar-refractivity contribution in [2.24, 2.45) is 30.7 Å². The van der Waals surface area contributed by atoms with Crippen molar-refractivity contribution in [3.8, 4) is 0 Å². The molecule has 4 atom stereocenters. The number of benzene rings is 2. The molecule has 1 saturated carbocycles. The first kappa shape index (κ1) is 20.0. The fourth-order valence-electron chi connectivity index (χ4n) is 6.53. The van der Waals surface area contributed by atoms with Crippen LogP contribution < -0.4 is 0 Å². The zero-order valence-corrected chi connectivity index (χ0v) is 19.4. The van der Waals surface area contributed by atoms with Crippen molar-refractivity contribution in [1.29, 1.82) is 0 Å². The van der Waals surface area contributed by atoms with E-state index in [1.807, 2.05) is 57.8 Å². The van der Waals surface area contributed by atoms with E-state index >= 15 is 0 Å². The van der Waals surface area contributed by atoms with Gasteiger partial charge in [0.15, 0.2) is 0 Å². The number of rotatable bonds is 2. The van der Waals surface area contributed by atoms with E-state index in [9.17, 15) is 9.59 Å². The zero-order valence-electron chi connectivity index (χ0n) is 18.6. The topological polar surface area (TPSA) is 87.1 Å². The molecule has 8 nitrogen and oxygen atoms in total. The maximum Gasteiger partial charge on any atom is 0.270 e. The Labute approximate surface area is 203 Å². The summed E-state index contributed by atoms with van der Waals surface area (Å²) in [5.74, 6) is 2.00. The number of carbonyl (C=O) groups is 2. The number of hydrogen-bond donors (Lipinski definition) is 1. The lowest BCUT2D eigenvalue weighted by Gasteiger charge is -2.42. The van der Waals surface area contributed by atoms with Crippen molar-refractivity contribution in [2.45, 2.75) is 0 Å². The van der Waals surface area contributed by atoms with Crippen LogP contribution in [0.3, 0.4) is 0 Å². The second kappa shape index (κ2) is 7.06. The molecule has 3 aliphatic rings. The van der Waals surface area contributed by atoms with Gasteiger partial charge >= 0.3 is 0 Å². The third-order valence-electron chi connectivity index (χ3n) is 8.29. The van der Waals surface area contributed by atoms with Gasteiger partial charge in [-0.15, -0.1) is 0 Å². The van der Waals surface area contributed by atoms with Crippen molar-refractivity contribution >= 4 is 45.4 Å². The van der Waals surface area contributed by atoms with Crippen LogP contribution in [0, 0.1) is 23.7 Å². The predicted octanol–water partition coefficient (Wildman–Crippen LogP) is 3.69. The van der Waals surface area contributed by atoms with E-state index in [1.54, 1.807) is 6.07 Å². The summed E-state index contributed by atoms with van der Waals surface area (Å²) in [4.78, 5) is 30.5. The standard InChI is InChI=1S/C25H23ClN6O2.2H2/c1-30-22-8-15(26)4-2-13(22)7-23(30)25(34)32-11-18-16-9-31(10-17(16)19(18)12-32)24(33)14-3-5-20-21(6-14)28-29-27-20;;/h2-8,16-19H,9-12H2,1H3,(H,27,28,29);2*1H/t16-,17+,18?,19?;;. The summed E-state index contributed by atoms with van der Waals surface area (Å²) in [5, 5.41) is 12.4. The minimum Gasteiger partial charge on any atom is -0.340 e. The molecule has 2 saturated heterocycles. The smallest absolute Gasteiger partial charge is 0.270 e. The summed E-state index contributed by atoms with van der Waals surface area (Å²) in [5.41, 5.74) is 3.78. The molecule has 0 bridgehead atoms. The molecule has 2 amide bonds. The Kier molecular flexibility index (Phi) is 4.16. The molecular formula is C25H27ClN6O2. The minimum absolute atomic E-state index is 0. The first-order valence-corrected chi connectivity index (χ1v) is 12.0. The summed E-state index contributed by atoms with van der Waals surface area (Å²) >= 11 is 6.16. The van der Waals surface area contributed by atoms with Gasteiger partial charge in [-0.3, -0.25) is 9.59 Å². The fraction of sp³-hybridized carbons (Fsp3) is 0.360. The Balaban J connectivity index is 0.00000133. The molecule has 34 heavy (non-hydrogen) atoms. The second-order valence-electron chi connectivity index (χ2n) is 9.89. The molecule has 9 heteroatoms. The zero-order chi connectivity index (χ0) is 23.1. The third-order valence-corrected chi connectivity index (χ3v) is 8.52. The Hall–Kier alpha value is -3.39. The van der Waals surface area contributed by atoms with Gasteiger partial charge in [0.25, 0.3) is 11.8 Å². The highest BCUT2D eigenvalue weighted by molar-refractivity contribution is 6.31. The molecule has 3 fully saturated rings. The van der Waals surface area contributed by atoms with E-state index in [-0.39, 0.29) is 14.7 Å². The second-order valence-corrected chi connectivity index (χ2v) is 10.3. The number of likely N-dealkylation sites (tertiary alicyclic amines) is 2. The molecule has 2 aromatic heterocycles. The Morgan fingerprint density at radius 1 is 0.882 bits per heavy atom. The monoisotopic (exact) mass is 478 g/mol. The minimum atomic E-state index is 0. The van der Waals surface area contributed by atoms with Crippen molar-refractivity contribution in [1.82, 2.24) is 29.8 Å². The van der Waals surface area contributed by atoms with Gasteiger partial charge in [-0.2, -0.15) is 15.4 Å². The number of carbonyl (C=O) groups excluding carboxylic acids is 2. The van der Waals surface area contributed by atoms with Gasteiger partial charge in [0.1, 0.15) is 16.7 Å². The van der Waals surface area contributed by atoms with Crippen LogP contribution >= 0.6 is 11.6 Å². The highest BCUT2D eigenvalue weighted by Crippen LogP contribution is 2.54. The molecule has 0 spiro atoms. The first-order valence-electron chi connectivity index (χ1n) is 11.6. The lowest BCUT2D eigenvalue weighted by molar-refractivity contribution is 0.0629. The molecule has 176 valence electrons. The number of aryl methyl sites for hydroxylation is 1. The van der Waals surface area contributed by atoms with E-state index in [0.717, 1.165) is 42.6 Å². The quantitative estimate of drug-likeness (QED) is 0.476. The molecule has 4 aromatic rings. The number of nitrogens with one attached hydrogen (secondary N) is 1. The van der Waals surface area contributed by atoms with Gasteiger partial charge in [0.05, 0.1) is 0 Å². The Morgan fingerprint density at radius 2 is 1.53 bits per heavy atom. The average molecular weight is 479 g/mol. The predicted molar refractivity (Wildman–Crippen MR) is 132 cm³/mol. The van der Waals surface area contributed by atoms with Gasteiger partial charge in [-0.1, -0.05) is 17.7 Å². The van der Waals surface area contributed by atoms with Crippen molar-refractivity contribution in [3.05, 3.63) is 58.7 Å². The summed E-state index contributed by atoms with van der Waals surface area (Å²) in [6.07, 6.45) is 0. The fourth-order valence-corrected chi connectivity index (χ4v) is 6.70. The number of fused-ring (bicyclic) bond motifs is 6. The van der Waals surface area contributed by atoms with Crippen LogP contribution in [0.15, 0.2) is 42.5 Å². The molecule has 2 unspecified atom stereocenters. The van der Waals surface area contributed by atoms with Crippen LogP contribution in [0.4, 0.5) is 0 Å². The molecule has 2 aliphatic heterocycles. The van der Waals surface area contributed by atoms with E-state index in [1.165, 1.54) is 0 Å². The number of nitrogens with zero attached hydrogens (tertiary/aromatic N) is 5. The van der Waals surface area contributed by atoms with Gasteiger partial charge < -0.3 is 14.4 Å². The summed E-state index contributed by atoms with van der Waals surface area (Å²) < 4.78 is 1.94. The van der Waals surface area contributed by atoms with E-state index < -0.39 is 0 Å². The number of amides is 2. The molecule has 0 radical (unpaired) electrons. The van der Waals surface area contributed by atoms with Crippen LogP contribution in [-0.4, -0.2) is 67.8 Å². The number of aromatic amines is 1. The van der Waals surface area contributed by atoms with Crippen molar-refractivity contribution in [3.63, 3.8) is 0 Å². The van der Waals surface area contributed by atoms with Gasteiger partial charge in [-0.25, -0.2) is 0 Å². The van der Waals surface area contributed by atoms with Crippen LogP contribution in [0.5, 0.6) is 0 Å². The summed E-state index contributed by atoms with van der Waals surface area (Å²) in [7, 11) is 1.92. The number of halogens is 1. The SMILES string of the molecule is Cn1c(C(=O)N2CC3C(C2)[C@@H]2CN(C(=O)c4ccc5n[nH]nc5c4)C[C@H]32)cc2ccc(Cl)cc21.[HH].[HH]. The maximum absolute atomic E-state index is 13.4. The summed E-state index contributed by atoms with van der Waals surface area (Å²) in [6.45, 7) is 3.05. The van der Waals surface area contributed by atoms with Gasteiger partial charge in [0.2, 0.25) is 0 Å². The molecule has 1 aliphatic carbocycles. The molecular weight excluding hydrogens is 452 g/mol. The van der Waals surface area contributed by atoms with E-state index in [4.69, 9.17) is 11.6 Å². The lowest BCUT2D eigenvalue weighted by atomic mass is 9.60. The highest BCUT2D eigenvalue weighted by Gasteiger charge is 2.59. The van der Waals surface area contributed by atoms with Crippen molar-refractivity contribution < 1.29 is 12.4 Å². The lowest BCUT2D eigenvalue weighted by Crippen LogP contribution is -2.44. The number of aromatic nitrogens is 4. The average Bonchev–Trinajstić information content (AvgIpc) is 3.60. The first-order chi connectivity index (χ1) is 16.5. The van der Waals surface area contributed by atoms with Crippen LogP contribution in [0.1, 0.15) is 23.7 Å². The van der Waals surface area contributed by atoms with E-state index in [0.29, 0.717) is 45.5 Å².